The Hall–Kier alpha value is -3.41. The van der Waals surface area contributed by atoms with E-state index in [9.17, 15) is 14.4 Å². The number of nitrogens with one attached hydrogen (secondary N) is 1. The van der Waals surface area contributed by atoms with Gasteiger partial charge in [0.2, 0.25) is 0 Å². The van der Waals surface area contributed by atoms with Gasteiger partial charge in [-0.1, -0.05) is 30.3 Å². The van der Waals surface area contributed by atoms with Crippen molar-refractivity contribution in [1.29, 1.82) is 0 Å². The number of carbonyl (C=O) groups excluding carboxylic acids is 2. The van der Waals surface area contributed by atoms with Crippen molar-refractivity contribution in [1.82, 2.24) is 0 Å². The average Bonchev–Trinajstić information content (AvgIpc) is 2.65. The van der Waals surface area contributed by atoms with Gasteiger partial charge in [0, 0.05) is 23.7 Å². The van der Waals surface area contributed by atoms with Gasteiger partial charge in [-0.15, -0.1) is 0 Å². The maximum atomic E-state index is 12.5. The smallest absolute Gasteiger partial charge is 0.330 e. The zero-order chi connectivity index (χ0) is 18.9. The van der Waals surface area contributed by atoms with Crippen LogP contribution in [0.15, 0.2) is 54.6 Å². The third-order valence-corrected chi connectivity index (χ3v) is 3.63. The van der Waals surface area contributed by atoms with Gasteiger partial charge in [0.25, 0.3) is 5.91 Å². The molecule has 0 fully saturated rings. The Morgan fingerprint density at radius 3 is 2.62 bits per heavy atom. The van der Waals surface area contributed by atoms with Gasteiger partial charge < -0.3 is 15.2 Å². The number of methoxy groups -OCH3 is 1. The second-order valence-corrected chi connectivity index (χ2v) is 5.49. The number of amides is 1. The van der Waals surface area contributed by atoms with Crippen LogP contribution in [0.5, 0.6) is 0 Å². The summed E-state index contributed by atoms with van der Waals surface area (Å²) in [4.78, 5) is 34.4. The fraction of sp³-hybridized carbons (Fsp3) is 0.150. The quantitative estimate of drug-likeness (QED) is 0.589. The molecule has 6 nitrogen and oxygen atoms in total. The van der Waals surface area contributed by atoms with Crippen molar-refractivity contribution in [2.75, 3.05) is 12.4 Å². The van der Waals surface area contributed by atoms with E-state index < -0.39 is 11.9 Å². The number of carboxylic acids is 1. The van der Waals surface area contributed by atoms with E-state index in [0.717, 1.165) is 5.56 Å². The minimum absolute atomic E-state index is 0.00618. The summed E-state index contributed by atoms with van der Waals surface area (Å²) in [5, 5.41) is 11.6. The van der Waals surface area contributed by atoms with Gasteiger partial charge in [0.1, 0.15) is 0 Å². The van der Waals surface area contributed by atoms with Crippen LogP contribution < -0.4 is 5.32 Å². The first kappa shape index (κ1) is 18.9. The van der Waals surface area contributed by atoms with E-state index in [1.54, 1.807) is 54.6 Å². The Morgan fingerprint density at radius 2 is 1.88 bits per heavy atom. The second kappa shape index (κ2) is 9.17. The number of rotatable bonds is 7. The molecule has 2 rings (SSSR count). The molecule has 0 bridgehead atoms. The monoisotopic (exact) mass is 353 g/mol. The molecule has 0 aliphatic rings. The van der Waals surface area contributed by atoms with Crippen LogP contribution in [0.2, 0.25) is 0 Å². The number of hydrogen-bond donors (Lipinski definition) is 2. The molecule has 0 atom stereocenters. The highest BCUT2D eigenvalue weighted by atomic mass is 16.5. The number of anilines is 1. The van der Waals surface area contributed by atoms with Crippen LogP contribution in [0.25, 0.3) is 6.08 Å². The van der Waals surface area contributed by atoms with Crippen LogP contribution in [-0.2, 0) is 20.7 Å². The molecule has 1 amide bonds. The molecule has 0 aliphatic carbocycles. The van der Waals surface area contributed by atoms with E-state index in [0.29, 0.717) is 23.2 Å². The first-order valence-corrected chi connectivity index (χ1v) is 7.96. The lowest BCUT2D eigenvalue weighted by Gasteiger charge is -2.09. The topological polar surface area (TPSA) is 92.7 Å². The number of para-hydroxylation sites is 1. The number of carbonyl (C=O) groups is 3. The standard InChI is InChI=1S/C20H19NO5/c1-26-19(24)12-10-15-6-2-3-8-17(15)21-20(25)16-7-4-5-14(13-16)9-11-18(22)23/h2-8,10,12-13H,9,11H2,1H3,(H,21,25)(H,22,23). The summed E-state index contributed by atoms with van der Waals surface area (Å²) in [5.41, 5.74) is 2.42. The molecule has 2 aromatic carbocycles. The predicted octanol–water partition coefficient (Wildman–Crippen LogP) is 3.14. The Balaban J connectivity index is 2.15. The van der Waals surface area contributed by atoms with Gasteiger partial charge in [0.05, 0.1) is 7.11 Å². The zero-order valence-electron chi connectivity index (χ0n) is 14.3. The van der Waals surface area contributed by atoms with Crippen LogP contribution in [-0.4, -0.2) is 30.1 Å². The van der Waals surface area contributed by atoms with Crippen LogP contribution in [0.1, 0.15) is 27.9 Å². The summed E-state index contributed by atoms with van der Waals surface area (Å²) in [5.74, 6) is -1.69. The molecule has 26 heavy (non-hydrogen) atoms. The highest BCUT2D eigenvalue weighted by Crippen LogP contribution is 2.18. The lowest BCUT2D eigenvalue weighted by atomic mass is 10.1. The highest BCUT2D eigenvalue weighted by Gasteiger charge is 2.09. The van der Waals surface area contributed by atoms with Crippen LogP contribution >= 0.6 is 0 Å². The van der Waals surface area contributed by atoms with Gasteiger partial charge >= 0.3 is 11.9 Å². The van der Waals surface area contributed by atoms with E-state index in [1.807, 2.05) is 0 Å². The van der Waals surface area contributed by atoms with E-state index in [1.165, 1.54) is 13.2 Å². The Labute approximate surface area is 151 Å². The van der Waals surface area contributed by atoms with Crippen molar-refractivity contribution < 1.29 is 24.2 Å². The van der Waals surface area contributed by atoms with Gasteiger partial charge in [-0.05, 0) is 41.8 Å². The molecule has 0 aromatic heterocycles. The van der Waals surface area contributed by atoms with Crippen molar-refractivity contribution in [3.05, 3.63) is 71.3 Å². The van der Waals surface area contributed by atoms with E-state index in [-0.39, 0.29) is 12.3 Å². The number of esters is 1. The summed E-state index contributed by atoms with van der Waals surface area (Å²) in [7, 11) is 1.29. The van der Waals surface area contributed by atoms with E-state index in [2.05, 4.69) is 10.1 Å². The number of carboxylic acid groups (broad SMARTS) is 1. The molecule has 0 spiro atoms. The van der Waals surface area contributed by atoms with Crippen LogP contribution in [0.4, 0.5) is 5.69 Å². The third-order valence-electron chi connectivity index (χ3n) is 3.63. The van der Waals surface area contributed by atoms with E-state index >= 15 is 0 Å². The Morgan fingerprint density at radius 1 is 1.12 bits per heavy atom. The summed E-state index contributed by atoms with van der Waals surface area (Å²) < 4.78 is 4.56. The van der Waals surface area contributed by atoms with Crippen LogP contribution in [0.3, 0.4) is 0 Å². The van der Waals surface area contributed by atoms with Gasteiger partial charge in [-0.25, -0.2) is 4.79 Å². The van der Waals surface area contributed by atoms with Crippen LogP contribution in [0, 0.1) is 0 Å². The highest BCUT2D eigenvalue weighted by molar-refractivity contribution is 6.05. The normalized spacial score (nSPS) is 10.5. The molecule has 0 radical (unpaired) electrons. The lowest BCUT2D eigenvalue weighted by Crippen LogP contribution is -2.13. The predicted molar refractivity (Wildman–Crippen MR) is 97.8 cm³/mol. The molecule has 6 heteroatoms. The third kappa shape index (κ3) is 5.59. The van der Waals surface area contributed by atoms with E-state index in [4.69, 9.17) is 5.11 Å². The molecular formula is C20H19NO5. The van der Waals surface area contributed by atoms with Gasteiger partial charge in [-0.2, -0.15) is 0 Å². The first-order chi connectivity index (χ1) is 12.5. The molecule has 0 saturated heterocycles. The fourth-order valence-corrected chi connectivity index (χ4v) is 2.30. The average molecular weight is 353 g/mol. The number of ether oxygens (including phenoxy) is 1. The van der Waals surface area contributed by atoms with Crippen molar-refractivity contribution in [2.24, 2.45) is 0 Å². The molecule has 0 unspecified atom stereocenters. The molecule has 134 valence electrons. The SMILES string of the molecule is COC(=O)C=Cc1ccccc1NC(=O)c1cccc(CCC(=O)O)c1. The van der Waals surface area contributed by atoms with Crippen molar-refractivity contribution in [3.8, 4) is 0 Å². The molecule has 2 aromatic rings. The van der Waals surface area contributed by atoms with Gasteiger partial charge in [0.15, 0.2) is 0 Å². The van der Waals surface area contributed by atoms with Crippen molar-refractivity contribution in [2.45, 2.75) is 12.8 Å². The van der Waals surface area contributed by atoms with Gasteiger partial charge in [-0.3, -0.25) is 9.59 Å². The summed E-state index contributed by atoms with van der Waals surface area (Å²) >= 11 is 0. The number of aliphatic carboxylic acids is 1. The Kier molecular flexibility index (Phi) is 6.68. The first-order valence-electron chi connectivity index (χ1n) is 7.96. The molecule has 0 aliphatic heterocycles. The number of benzene rings is 2. The minimum Gasteiger partial charge on any atom is -0.481 e. The maximum Gasteiger partial charge on any atom is 0.330 e. The molecule has 2 N–H and O–H groups in total. The number of hydrogen-bond acceptors (Lipinski definition) is 4. The largest absolute Gasteiger partial charge is 0.481 e. The molecular weight excluding hydrogens is 334 g/mol. The summed E-state index contributed by atoms with van der Waals surface area (Å²) in [6.07, 6.45) is 3.20. The summed E-state index contributed by atoms with van der Waals surface area (Å²) in [6, 6.07) is 13.9. The molecule has 0 heterocycles. The Bertz CT molecular complexity index is 842. The fourth-order valence-electron chi connectivity index (χ4n) is 2.30. The maximum absolute atomic E-state index is 12.5. The second-order valence-electron chi connectivity index (χ2n) is 5.49. The summed E-state index contributed by atoms with van der Waals surface area (Å²) in [6.45, 7) is 0. The van der Waals surface area contributed by atoms with Crippen molar-refractivity contribution >= 4 is 29.6 Å². The van der Waals surface area contributed by atoms with Crippen molar-refractivity contribution in [3.63, 3.8) is 0 Å². The molecule has 0 saturated carbocycles. The number of aryl methyl sites for hydroxylation is 1. The lowest BCUT2D eigenvalue weighted by molar-refractivity contribution is -0.137. The zero-order valence-corrected chi connectivity index (χ0v) is 14.3. The minimum atomic E-state index is -0.883.